The molecule has 0 aliphatic heterocycles. The molecule has 0 aromatic heterocycles. The summed E-state index contributed by atoms with van der Waals surface area (Å²) in [5.41, 5.74) is 0.662. The van der Waals surface area contributed by atoms with Crippen LogP contribution in [0.5, 0.6) is 5.75 Å². The zero-order valence-corrected chi connectivity index (χ0v) is 12.2. The van der Waals surface area contributed by atoms with Crippen LogP contribution in [-0.2, 0) is 11.4 Å². The molecule has 0 aliphatic carbocycles. The number of methoxy groups -OCH3 is 1. The molecule has 0 amide bonds. The third-order valence-corrected chi connectivity index (χ3v) is 4.19. The van der Waals surface area contributed by atoms with Gasteiger partial charge in [-0.2, -0.15) is 0 Å². The molecule has 0 aliphatic rings. The summed E-state index contributed by atoms with van der Waals surface area (Å²) in [5.74, 6) is -0.214. The van der Waals surface area contributed by atoms with Crippen molar-refractivity contribution in [3.05, 3.63) is 29.6 Å². The third-order valence-electron chi connectivity index (χ3n) is 2.51. The molecule has 0 saturated heterocycles. The summed E-state index contributed by atoms with van der Waals surface area (Å²) < 4.78 is 33.2. The van der Waals surface area contributed by atoms with Crippen LogP contribution in [0.1, 0.15) is 39.3 Å². The predicted octanol–water partition coefficient (Wildman–Crippen LogP) is 2.95. The van der Waals surface area contributed by atoms with Gasteiger partial charge in [0, 0.05) is 16.9 Å². The lowest BCUT2D eigenvalue weighted by molar-refractivity contribution is 0.377. The van der Waals surface area contributed by atoms with Crippen molar-refractivity contribution >= 4 is 11.4 Å². The fourth-order valence-corrected chi connectivity index (χ4v) is 2.28. The van der Waals surface area contributed by atoms with Crippen LogP contribution in [0, 0.1) is 5.82 Å². The molecule has 0 fully saturated rings. The first-order valence-electron chi connectivity index (χ1n) is 5.77. The minimum absolute atomic E-state index is 0.198. The molecule has 0 spiro atoms. The van der Waals surface area contributed by atoms with E-state index in [0.29, 0.717) is 5.56 Å². The van der Waals surface area contributed by atoms with Gasteiger partial charge in [-0.1, -0.05) is 12.1 Å². The van der Waals surface area contributed by atoms with E-state index in [1.165, 1.54) is 13.2 Å². The Labute approximate surface area is 111 Å². The number of nitrogens with one attached hydrogen (secondary N) is 1. The zero-order valence-electron chi connectivity index (χ0n) is 11.4. The van der Waals surface area contributed by atoms with E-state index in [1.54, 1.807) is 12.1 Å². The van der Waals surface area contributed by atoms with Gasteiger partial charge in [0.1, 0.15) is 4.75 Å². The molecule has 1 N–H and O–H groups in total. The maximum Gasteiger partial charge on any atom is 0.165 e. The normalized spacial score (nSPS) is 15.3. The van der Waals surface area contributed by atoms with Crippen LogP contribution < -0.4 is 9.46 Å². The fourth-order valence-electron chi connectivity index (χ4n) is 1.48. The average Bonchev–Trinajstić information content (AvgIpc) is 2.27. The summed E-state index contributed by atoms with van der Waals surface area (Å²) in [7, 11) is 1.43. The van der Waals surface area contributed by atoms with Crippen molar-refractivity contribution in [3.8, 4) is 5.75 Å². The molecule has 1 unspecified atom stereocenters. The Morgan fingerprint density at radius 1 is 1.39 bits per heavy atom. The van der Waals surface area contributed by atoms with Gasteiger partial charge in [0.05, 0.1) is 13.2 Å². The summed E-state index contributed by atoms with van der Waals surface area (Å²) in [6.45, 7) is 7.48. The Balaban J connectivity index is 2.91. The van der Waals surface area contributed by atoms with Crippen molar-refractivity contribution in [2.24, 2.45) is 0 Å². The smallest absolute Gasteiger partial charge is 0.165 e. The largest absolute Gasteiger partial charge is 0.598 e. The lowest BCUT2D eigenvalue weighted by Crippen LogP contribution is -2.40. The molecule has 0 bridgehead atoms. The van der Waals surface area contributed by atoms with Gasteiger partial charge < -0.3 is 9.29 Å². The monoisotopic (exact) mass is 273 g/mol. The van der Waals surface area contributed by atoms with Gasteiger partial charge in [-0.05, 0) is 33.8 Å². The lowest BCUT2D eigenvalue weighted by Gasteiger charge is -2.27. The van der Waals surface area contributed by atoms with Crippen LogP contribution in [0.4, 0.5) is 4.39 Å². The summed E-state index contributed by atoms with van der Waals surface area (Å²) >= 11 is -1.21. The number of rotatable bonds is 4. The van der Waals surface area contributed by atoms with E-state index in [0.717, 1.165) is 0 Å². The molecule has 1 rings (SSSR count). The molecule has 1 aromatic carbocycles. The maximum atomic E-state index is 13.6. The van der Waals surface area contributed by atoms with Crippen LogP contribution in [0.25, 0.3) is 0 Å². The highest BCUT2D eigenvalue weighted by atomic mass is 32.2. The molecule has 18 heavy (non-hydrogen) atoms. The van der Waals surface area contributed by atoms with E-state index in [1.807, 2.05) is 27.7 Å². The van der Waals surface area contributed by atoms with Gasteiger partial charge in [0.2, 0.25) is 0 Å². The standard InChI is InChI=1S/C13H20FNO2S/c1-9(15-18(16)13(2,3)4)10-7-6-8-11(14)12(10)17-5/h6-9,15H,1-5H3/t9?,18-/m1/s1. The van der Waals surface area contributed by atoms with Crippen LogP contribution in [0.15, 0.2) is 18.2 Å². The molecule has 1 aromatic rings. The Bertz CT molecular complexity index is 406. The van der Waals surface area contributed by atoms with Crippen molar-refractivity contribution in [2.45, 2.75) is 38.5 Å². The van der Waals surface area contributed by atoms with Crippen molar-refractivity contribution in [1.82, 2.24) is 4.72 Å². The Kier molecular flexibility index (Phi) is 5.01. The Hall–Kier alpha value is -0.780. The van der Waals surface area contributed by atoms with Crippen molar-refractivity contribution in [1.29, 1.82) is 0 Å². The summed E-state index contributed by atoms with van der Waals surface area (Å²) in [6, 6.07) is 4.47. The van der Waals surface area contributed by atoms with E-state index in [-0.39, 0.29) is 16.5 Å². The number of hydrogen-bond acceptors (Lipinski definition) is 3. The van der Waals surface area contributed by atoms with E-state index < -0.39 is 17.2 Å². The molecule has 5 heteroatoms. The first-order valence-corrected chi connectivity index (χ1v) is 6.92. The topological polar surface area (TPSA) is 44.3 Å². The first kappa shape index (κ1) is 15.3. The number of hydrogen-bond donors (Lipinski definition) is 1. The molecule has 0 heterocycles. The summed E-state index contributed by atoms with van der Waals surface area (Å²) in [4.78, 5) is 0. The van der Waals surface area contributed by atoms with Crippen molar-refractivity contribution in [3.63, 3.8) is 0 Å². The SMILES string of the molecule is COc1c(F)cccc1C(C)N[S@+]([O-])C(C)(C)C. The number of halogens is 1. The van der Waals surface area contributed by atoms with Crippen molar-refractivity contribution in [2.75, 3.05) is 7.11 Å². The van der Waals surface area contributed by atoms with Crippen molar-refractivity contribution < 1.29 is 13.7 Å². The number of ether oxygens (including phenoxy) is 1. The second-order valence-electron chi connectivity index (χ2n) is 5.08. The van der Waals surface area contributed by atoms with E-state index >= 15 is 0 Å². The van der Waals surface area contributed by atoms with Crippen LogP contribution in [0.3, 0.4) is 0 Å². The third kappa shape index (κ3) is 3.60. The van der Waals surface area contributed by atoms with Gasteiger partial charge in [-0.15, -0.1) is 4.72 Å². The minimum Gasteiger partial charge on any atom is -0.598 e. The second kappa shape index (κ2) is 5.91. The van der Waals surface area contributed by atoms with Crippen LogP contribution in [-0.4, -0.2) is 16.4 Å². The van der Waals surface area contributed by atoms with E-state index in [9.17, 15) is 8.94 Å². The molecule has 0 saturated carbocycles. The van der Waals surface area contributed by atoms with Gasteiger partial charge in [0.25, 0.3) is 0 Å². The highest BCUT2D eigenvalue weighted by molar-refractivity contribution is 7.90. The second-order valence-corrected chi connectivity index (χ2v) is 7.08. The highest BCUT2D eigenvalue weighted by Gasteiger charge is 2.29. The van der Waals surface area contributed by atoms with Gasteiger partial charge in [-0.3, -0.25) is 0 Å². The Morgan fingerprint density at radius 2 is 2.00 bits per heavy atom. The van der Waals surface area contributed by atoms with E-state index in [4.69, 9.17) is 4.74 Å². The fraction of sp³-hybridized carbons (Fsp3) is 0.538. The molecular weight excluding hydrogens is 253 g/mol. The minimum atomic E-state index is -1.21. The Morgan fingerprint density at radius 3 is 2.50 bits per heavy atom. The van der Waals surface area contributed by atoms with E-state index in [2.05, 4.69) is 4.72 Å². The van der Waals surface area contributed by atoms with Crippen LogP contribution in [0.2, 0.25) is 0 Å². The van der Waals surface area contributed by atoms with Crippen LogP contribution >= 0.6 is 0 Å². The van der Waals surface area contributed by atoms with Gasteiger partial charge >= 0.3 is 0 Å². The molecule has 0 radical (unpaired) electrons. The summed E-state index contributed by atoms with van der Waals surface area (Å²) in [6.07, 6.45) is 0. The number of para-hydroxylation sites is 1. The predicted molar refractivity (Wildman–Crippen MR) is 72.4 cm³/mol. The quantitative estimate of drug-likeness (QED) is 0.858. The maximum absolute atomic E-state index is 13.6. The average molecular weight is 273 g/mol. The lowest BCUT2D eigenvalue weighted by atomic mass is 10.1. The molecule has 3 nitrogen and oxygen atoms in total. The van der Waals surface area contributed by atoms with Gasteiger partial charge in [0.15, 0.2) is 11.6 Å². The molecular formula is C13H20FNO2S. The molecule has 102 valence electrons. The molecule has 2 atom stereocenters. The first-order chi connectivity index (χ1) is 8.27. The summed E-state index contributed by atoms with van der Waals surface area (Å²) in [5, 5.41) is 0. The highest BCUT2D eigenvalue weighted by Crippen LogP contribution is 2.29. The van der Waals surface area contributed by atoms with Gasteiger partial charge in [-0.25, -0.2) is 4.39 Å². The zero-order chi connectivity index (χ0) is 13.9. The number of benzene rings is 1.